The summed E-state index contributed by atoms with van der Waals surface area (Å²) in [5.41, 5.74) is 0.282. The van der Waals surface area contributed by atoms with E-state index in [9.17, 15) is 4.79 Å². The minimum atomic E-state index is -0.909. The number of ether oxygens (including phenoxy) is 1. The van der Waals surface area contributed by atoms with E-state index in [1.807, 2.05) is 6.07 Å². The number of carbonyl (C=O) groups is 1. The molecule has 0 fully saturated rings. The standard InChI is InChI=1S/C25H42O3/c1-2-3-4-5-6-7-8-9-10-11-12-13-14-15-16-17-21-28-24-20-18-19-23(22-24)25(26)27/h18-20,22H,2-17,21H2,1H3,(H,26,27). The van der Waals surface area contributed by atoms with Crippen LogP contribution in [0.5, 0.6) is 5.75 Å². The van der Waals surface area contributed by atoms with E-state index in [0.717, 1.165) is 6.42 Å². The fourth-order valence-electron chi connectivity index (χ4n) is 3.56. The van der Waals surface area contributed by atoms with Gasteiger partial charge in [0, 0.05) is 0 Å². The molecule has 0 saturated heterocycles. The predicted octanol–water partition coefficient (Wildman–Crippen LogP) is 8.03. The molecule has 0 amide bonds. The maximum absolute atomic E-state index is 10.9. The Bertz CT molecular complexity index is 498. The lowest BCUT2D eigenvalue weighted by Crippen LogP contribution is -2.00. The van der Waals surface area contributed by atoms with Gasteiger partial charge in [0.2, 0.25) is 0 Å². The predicted molar refractivity (Wildman–Crippen MR) is 118 cm³/mol. The molecule has 1 N–H and O–H groups in total. The van der Waals surface area contributed by atoms with Crippen LogP contribution in [0.3, 0.4) is 0 Å². The highest BCUT2D eigenvalue weighted by molar-refractivity contribution is 5.87. The second-order valence-corrected chi connectivity index (χ2v) is 7.98. The molecule has 1 aromatic rings. The third kappa shape index (κ3) is 13.6. The van der Waals surface area contributed by atoms with E-state index < -0.39 is 5.97 Å². The zero-order valence-electron chi connectivity index (χ0n) is 18.1. The summed E-state index contributed by atoms with van der Waals surface area (Å²) in [6.45, 7) is 2.95. The second-order valence-electron chi connectivity index (χ2n) is 7.98. The van der Waals surface area contributed by atoms with E-state index in [1.165, 1.54) is 96.3 Å². The number of hydrogen-bond donors (Lipinski definition) is 1. The van der Waals surface area contributed by atoms with Crippen molar-refractivity contribution in [2.75, 3.05) is 6.61 Å². The van der Waals surface area contributed by atoms with Gasteiger partial charge in [0.15, 0.2) is 0 Å². The fourth-order valence-corrected chi connectivity index (χ4v) is 3.56. The highest BCUT2D eigenvalue weighted by Gasteiger charge is 2.03. The lowest BCUT2D eigenvalue weighted by Gasteiger charge is -2.07. The number of hydrogen-bond acceptors (Lipinski definition) is 2. The summed E-state index contributed by atoms with van der Waals surface area (Å²) in [4.78, 5) is 10.9. The van der Waals surface area contributed by atoms with Gasteiger partial charge in [-0.1, -0.05) is 109 Å². The smallest absolute Gasteiger partial charge is 0.335 e. The van der Waals surface area contributed by atoms with Gasteiger partial charge in [-0.2, -0.15) is 0 Å². The third-order valence-corrected chi connectivity index (χ3v) is 5.35. The van der Waals surface area contributed by atoms with Gasteiger partial charge in [-0.15, -0.1) is 0 Å². The van der Waals surface area contributed by atoms with Crippen LogP contribution >= 0.6 is 0 Å². The highest BCUT2D eigenvalue weighted by Crippen LogP contribution is 2.15. The zero-order chi connectivity index (χ0) is 20.3. The Balaban J connectivity index is 1.81. The van der Waals surface area contributed by atoms with E-state index in [1.54, 1.807) is 18.2 Å². The van der Waals surface area contributed by atoms with Crippen LogP contribution in [-0.2, 0) is 0 Å². The molecule has 0 atom stereocenters. The van der Waals surface area contributed by atoms with Gasteiger partial charge < -0.3 is 9.84 Å². The average molecular weight is 391 g/mol. The Kier molecular flexibility index (Phi) is 15.4. The number of carboxylic acids is 1. The Morgan fingerprint density at radius 1 is 0.750 bits per heavy atom. The van der Waals surface area contributed by atoms with Crippen LogP contribution in [0, 0.1) is 0 Å². The van der Waals surface area contributed by atoms with Gasteiger partial charge in [-0.05, 0) is 24.6 Å². The monoisotopic (exact) mass is 390 g/mol. The van der Waals surface area contributed by atoms with Gasteiger partial charge in [-0.25, -0.2) is 4.79 Å². The first-order chi connectivity index (χ1) is 13.7. The van der Waals surface area contributed by atoms with Gasteiger partial charge >= 0.3 is 5.97 Å². The van der Waals surface area contributed by atoms with Gasteiger partial charge in [0.1, 0.15) is 5.75 Å². The molecule has 0 saturated carbocycles. The summed E-state index contributed by atoms with van der Waals surface area (Å²) >= 11 is 0. The summed E-state index contributed by atoms with van der Waals surface area (Å²) in [6, 6.07) is 6.73. The molecule has 0 aliphatic rings. The van der Waals surface area contributed by atoms with E-state index in [4.69, 9.17) is 9.84 Å². The minimum Gasteiger partial charge on any atom is -0.494 e. The minimum absolute atomic E-state index is 0.282. The van der Waals surface area contributed by atoms with Crippen LogP contribution in [0.4, 0.5) is 0 Å². The molecule has 0 aliphatic carbocycles. The Labute approximate surface area is 172 Å². The van der Waals surface area contributed by atoms with Crippen LogP contribution in [0.2, 0.25) is 0 Å². The first-order valence-corrected chi connectivity index (χ1v) is 11.7. The van der Waals surface area contributed by atoms with Crippen LogP contribution in [0.25, 0.3) is 0 Å². The lowest BCUT2D eigenvalue weighted by molar-refractivity contribution is 0.0696. The Morgan fingerprint density at radius 2 is 1.21 bits per heavy atom. The molecule has 1 aromatic carbocycles. The lowest BCUT2D eigenvalue weighted by atomic mass is 10.0. The first kappa shape index (κ1) is 24.5. The molecular weight excluding hydrogens is 348 g/mol. The van der Waals surface area contributed by atoms with Crippen molar-refractivity contribution in [2.24, 2.45) is 0 Å². The first-order valence-electron chi connectivity index (χ1n) is 11.7. The Hall–Kier alpha value is -1.51. The van der Waals surface area contributed by atoms with E-state index in [2.05, 4.69) is 6.92 Å². The van der Waals surface area contributed by atoms with Crippen molar-refractivity contribution in [3.05, 3.63) is 29.8 Å². The number of aromatic carboxylic acids is 1. The summed E-state index contributed by atoms with van der Waals surface area (Å²) in [5, 5.41) is 8.97. The molecular formula is C25H42O3. The number of rotatable bonds is 19. The molecule has 3 heteroatoms. The van der Waals surface area contributed by atoms with E-state index >= 15 is 0 Å². The van der Waals surface area contributed by atoms with Crippen molar-refractivity contribution < 1.29 is 14.6 Å². The van der Waals surface area contributed by atoms with Crippen LogP contribution in [-0.4, -0.2) is 17.7 Å². The summed E-state index contributed by atoms with van der Waals surface area (Å²) in [7, 11) is 0. The van der Waals surface area contributed by atoms with E-state index in [-0.39, 0.29) is 5.56 Å². The van der Waals surface area contributed by atoms with E-state index in [0.29, 0.717) is 12.4 Å². The van der Waals surface area contributed by atoms with Crippen molar-refractivity contribution in [1.29, 1.82) is 0 Å². The van der Waals surface area contributed by atoms with Crippen LogP contribution < -0.4 is 4.74 Å². The fraction of sp³-hybridized carbons (Fsp3) is 0.720. The number of carboxylic acid groups (broad SMARTS) is 1. The molecule has 0 spiro atoms. The van der Waals surface area contributed by atoms with Crippen LogP contribution in [0.1, 0.15) is 120 Å². The molecule has 0 aromatic heterocycles. The molecule has 0 heterocycles. The van der Waals surface area contributed by atoms with Crippen molar-refractivity contribution in [3.63, 3.8) is 0 Å². The number of unbranched alkanes of at least 4 members (excludes halogenated alkanes) is 15. The van der Waals surface area contributed by atoms with Gasteiger partial charge in [0.05, 0.1) is 12.2 Å². The summed E-state index contributed by atoms with van der Waals surface area (Å²) in [5.74, 6) is -0.256. The zero-order valence-corrected chi connectivity index (χ0v) is 18.1. The molecule has 0 radical (unpaired) electrons. The quantitative estimate of drug-likeness (QED) is 0.243. The molecule has 3 nitrogen and oxygen atoms in total. The highest BCUT2D eigenvalue weighted by atomic mass is 16.5. The van der Waals surface area contributed by atoms with Crippen molar-refractivity contribution >= 4 is 5.97 Å². The number of benzene rings is 1. The summed E-state index contributed by atoms with van der Waals surface area (Å²) in [6.07, 6.45) is 21.7. The second kappa shape index (κ2) is 17.6. The molecule has 28 heavy (non-hydrogen) atoms. The molecule has 160 valence electrons. The topological polar surface area (TPSA) is 46.5 Å². The summed E-state index contributed by atoms with van der Waals surface area (Å²) < 4.78 is 5.65. The maximum Gasteiger partial charge on any atom is 0.335 e. The molecule has 0 aliphatic heterocycles. The SMILES string of the molecule is CCCCCCCCCCCCCCCCCCOc1cccc(C(=O)O)c1. The van der Waals surface area contributed by atoms with Crippen molar-refractivity contribution in [1.82, 2.24) is 0 Å². The van der Waals surface area contributed by atoms with Gasteiger partial charge in [0.25, 0.3) is 0 Å². The normalized spacial score (nSPS) is 10.9. The third-order valence-electron chi connectivity index (χ3n) is 5.35. The molecule has 1 rings (SSSR count). The Morgan fingerprint density at radius 3 is 1.68 bits per heavy atom. The van der Waals surface area contributed by atoms with Crippen LogP contribution in [0.15, 0.2) is 24.3 Å². The van der Waals surface area contributed by atoms with Gasteiger partial charge in [-0.3, -0.25) is 0 Å². The average Bonchev–Trinajstić information content (AvgIpc) is 2.70. The largest absolute Gasteiger partial charge is 0.494 e. The molecule has 0 bridgehead atoms. The molecule has 0 unspecified atom stereocenters. The maximum atomic E-state index is 10.9. The van der Waals surface area contributed by atoms with Crippen molar-refractivity contribution in [3.8, 4) is 5.75 Å². The van der Waals surface area contributed by atoms with Crippen molar-refractivity contribution in [2.45, 2.75) is 110 Å².